The Kier molecular flexibility index (Phi) is 3.39. The van der Waals surface area contributed by atoms with Gasteiger partial charge in [-0.3, -0.25) is 4.79 Å². The van der Waals surface area contributed by atoms with Gasteiger partial charge in [0.1, 0.15) is 5.76 Å². The number of hydrogen-bond donors (Lipinski definition) is 1. The van der Waals surface area contributed by atoms with Gasteiger partial charge in [0.2, 0.25) is 0 Å². The maximum absolute atomic E-state index is 12.1. The molecule has 100 valence electrons. The van der Waals surface area contributed by atoms with Crippen LogP contribution in [0.15, 0.2) is 20.4 Å². The van der Waals surface area contributed by atoms with Crippen molar-refractivity contribution in [1.82, 2.24) is 14.9 Å². The molecule has 0 aliphatic rings. The predicted molar refractivity (Wildman–Crippen MR) is 67.4 cm³/mol. The Morgan fingerprint density at radius 2 is 2.26 bits per heavy atom. The molecule has 0 fully saturated rings. The summed E-state index contributed by atoms with van der Waals surface area (Å²) in [6, 6.07) is 0. The standard InChI is InChI=1S/C11H10ClN3O4/c1-5(3-12)4-15-10(16)8-7(6(2)19-14-8)9(13-15)11(17)18/h3H,4H2,1-2H3,(H,17,18). The molecule has 0 aliphatic heterocycles. The van der Waals surface area contributed by atoms with E-state index in [1.165, 1.54) is 12.5 Å². The summed E-state index contributed by atoms with van der Waals surface area (Å²) in [5.74, 6) is -1.01. The van der Waals surface area contributed by atoms with E-state index in [2.05, 4.69) is 10.3 Å². The highest BCUT2D eigenvalue weighted by molar-refractivity contribution is 6.25. The van der Waals surface area contributed by atoms with E-state index in [4.69, 9.17) is 21.2 Å². The Bertz CT molecular complexity index is 744. The normalized spacial score (nSPS) is 12.1. The Morgan fingerprint density at radius 1 is 1.58 bits per heavy atom. The Labute approximate surface area is 112 Å². The highest BCUT2D eigenvalue weighted by Gasteiger charge is 2.21. The van der Waals surface area contributed by atoms with Crippen molar-refractivity contribution in [3.8, 4) is 0 Å². The first kappa shape index (κ1) is 13.3. The van der Waals surface area contributed by atoms with E-state index >= 15 is 0 Å². The first-order chi connectivity index (χ1) is 8.95. The third-order valence-electron chi connectivity index (χ3n) is 2.55. The number of carbonyl (C=O) groups is 1. The lowest BCUT2D eigenvalue weighted by Crippen LogP contribution is -2.26. The zero-order valence-corrected chi connectivity index (χ0v) is 10.9. The van der Waals surface area contributed by atoms with Crippen LogP contribution in [0.3, 0.4) is 0 Å². The molecule has 0 amide bonds. The monoisotopic (exact) mass is 283 g/mol. The number of halogens is 1. The number of allylic oxidation sites excluding steroid dienone is 1. The van der Waals surface area contributed by atoms with E-state index < -0.39 is 11.5 Å². The second-order valence-corrected chi connectivity index (χ2v) is 4.25. The highest BCUT2D eigenvalue weighted by atomic mass is 35.5. The zero-order chi connectivity index (χ0) is 14.2. The van der Waals surface area contributed by atoms with E-state index in [0.717, 1.165) is 4.68 Å². The predicted octanol–water partition coefficient (Wildman–Crippen LogP) is 1.53. The largest absolute Gasteiger partial charge is 0.476 e. The van der Waals surface area contributed by atoms with Crippen molar-refractivity contribution in [1.29, 1.82) is 0 Å². The Morgan fingerprint density at radius 3 is 2.84 bits per heavy atom. The van der Waals surface area contributed by atoms with Crippen LogP contribution in [0.5, 0.6) is 0 Å². The summed E-state index contributed by atoms with van der Waals surface area (Å²) in [5.41, 5.74) is 1.12. The first-order valence-corrected chi connectivity index (χ1v) is 5.75. The number of aryl methyl sites for hydroxylation is 1. The summed E-state index contributed by atoms with van der Waals surface area (Å²) >= 11 is 5.52. The summed E-state index contributed by atoms with van der Waals surface area (Å²) in [7, 11) is 0. The van der Waals surface area contributed by atoms with Crippen molar-refractivity contribution in [3.63, 3.8) is 0 Å². The summed E-state index contributed by atoms with van der Waals surface area (Å²) in [6.07, 6.45) is 0. The second kappa shape index (κ2) is 4.85. The fourth-order valence-corrected chi connectivity index (χ4v) is 1.73. The van der Waals surface area contributed by atoms with Crippen molar-refractivity contribution in [2.24, 2.45) is 0 Å². The zero-order valence-electron chi connectivity index (χ0n) is 10.2. The average molecular weight is 284 g/mol. The SMILES string of the molecule is CC(=CCl)Cn1nc(C(=O)O)c2c(C)onc2c1=O. The lowest BCUT2D eigenvalue weighted by molar-refractivity contribution is 0.0690. The molecule has 0 aromatic carbocycles. The molecule has 2 aromatic rings. The van der Waals surface area contributed by atoms with Crippen molar-refractivity contribution in [2.45, 2.75) is 20.4 Å². The first-order valence-electron chi connectivity index (χ1n) is 5.32. The second-order valence-electron chi connectivity index (χ2n) is 4.03. The van der Waals surface area contributed by atoms with Crippen LogP contribution < -0.4 is 5.56 Å². The summed E-state index contributed by atoms with van der Waals surface area (Å²) in [4.78, 5) is 23.3. The number of rotatable bonds is 3. The van der Waals surface area contributed by atoms with Crippen LogP contribution in [0.25, 0.3) is 10.9 Å². The van der Waals surface area contributed by atoms with Crippen LogP contribution in [-0.4, -0.2) is 26.0 Å². The van der Waals surface area contributed by atoms with Gasteiger partial charge in [0.05, 0.1) is 11.9 Å². The van der Waals surface area contributed by atoms with E-state index in [0.29, 0.717) is 5.57 Å². The molecule has 8 heteroatoms. The average Bonchev–Trinajstić information content (AvgIpc) is 2.75. The van der Waals surface area contributed by atoms with E-state index in [1.807, 2.05) is 0 Å². The van der Waals surface area contributed by atoms with Gasteiger partial charge in [-0.15, -0.1) is 0 Å². The molecule has 2 heterocycles. The Hall–Kier alpha value is -2.15. The molecule has 0 unspecified atom stereocenters. The number of aromatic carboxylic acids is 1. The Balaban J connectivity index is 2.78. The molecule has 0 atom stereocenters. The van der Waals surface area contributed by atoms with Gasteiger partial charge >= 0.3 is 5.97 Å². The molecule has 1 N–H and O–H groups in total. The van der Waals surface area contributed by atoms with Gasteiger partial charge in [-0.2, -0.15) is 5.10 Å². The van der Waals surface area contributed by atoms with Crippen LogP contribution in [0.1, 0.15) is 23.2 Å². The molecule has 0 bridgehead atoms. The number of nitrogens with zero attached hydrogens (tertiary/aromatic N) is 3. The maximum atomic E-state index is 12.1. The van der Waals surface area contributed by atoms with Crippen LogP contribution in [0.2, 0.25) is 0 Å². The van der Waals surface area contributed by atoms with Gasteiger partial charge in [0, 0.05) is 5.54 Å². The minimum absolute atomic E-state index is 0.0488. The molecule has 0 saturated heterocycles. The molecular weight excluding hydrogens is 274 g/mol. The summed E-state index contributed by atoms with van der Waals surface area (Å²) in [6.45, 7) is 3.31. The number of aromatic nitrogens is 3. The third kappa shape index (κ3) is 2.24. The van der Waals surface area contributed by atoms with Gasteiger partial charge in [0.15, 0.2) is 11.2 Å². The summed E-state index contributed by atoms with van der Waals surface area (Å²) in [5, 5.41) is 16.7. The van der Waals surface area contributed by atoms with Gasteiger partial charge in [0.25, 0.3) is 5.56 Å². The molecule has 7 nitrogen and oxygen atoms in total. The molecule has 0 radical (unpaired) electrons. The third-order valence-corrected chi connectivity index (χ3v) is 2.92. The smallest absolute Gasteiger partial charge is 0.357 e. The molecule has 0 spiro atoms. The van der Waals surface area contributed by atoms with Crippen LogP contribution in [0, 0.1) is 6.92 Å². The van der Waals surface area contributed by atoms with Gasteiger partial charge in [-0.25, -0.2) is 9.48 Å². The number of fused-ring (bicyclic) bond motifs is 1. The molecule has 0 saturated carbocycles. The topological polar surface area (TPSA) is 98.2 Å². The van der Waals surface area contributed by atoms with E-state index in [1.54, 1.807) is 6.92 Å². The minimum Gasteiger partial charge on any atom is -0.476 e. The number of hydrogen-bond acceptors (Lipinski definition) is 5. The number of carboxylic acids is 1. The lowest BCUT2D eigenvalue weighted by atomic mass is 10.2. The van der Waals surface area contributed by atoms with Gasteiger partial charge in [-0.1, -0.05) is 16.8 Å². The molecule has 2 aromatic heterocycles. The molecule has 19 heavy (non-hydrogen) atoms. The number of carboxylic acid groups (broad SMARTS) is 1. The fourth-order valence-electron chi connectivity index (χ4n) is 1.66. The van der Waals surface area contributed by atoms with Crippen LogP contribution in [0.4, 0.5) is 0 Å². The molecule has 0 aliphatic carbocycles. The summed E-state index contributed by atoms with van der Waals surface area (Å²) < 4.78 is 5.87. The molecule has 2 rings (SSSR count). The van der Waals surface area contributed by atoms with Crippen molar-refractivity contribution >= 4 is 28.5 Å². The van der Waals surface area contributed by atoms with Crippen molar-refractivity contribution in [2.75, 3.05) is 0 Å². The highest BCUT2D eigenvalue weighted by Crippen LogP contribution is 2.17. The van der Waals surface area contributed by atoms with Crippen molar-refractivity contribution in [3.05, 3.63) is 32.9 Å². The van der Waals surface area contributed by atoms with Gasteiger partial charge in [-0.05, 0) is 19.4 Å². The quantitative estimate of drug-likeness (QED) is 0.917. The van der Waals surface area contributed by atoms with Crippen molar-refractivity contribution < 1.29 is 14.4 Å². The van der Waals surface area contributed by atoms with Gasteiger partial charge < -0.3 is 9.63 Å². The molecular formula is C11H10ClN3O4. The van der Waals surface area contributed by atoms with E-state index in [9.17, 15) is 9.59 Å². The van der Waals surface area contributed by atoms with Crippen LogP contribution >= 0.6 is 11.6 Å². The fraction of sp³-hybridized carbons (Fsp3) is 0.273. The van der Waals surface area contributed by atoms with E-state index in [-0.39, 0.29) is 28.9 Å². The van der Waals surface area contributed by atoms with Crippen LogP contribution in [-0.2, 0) is 6.54 Å². The minimum atomic E-state index is -1.25. The maximum Gasteiger partial charge on any atom is 0.357 e. The lowest BCUT2D eigenvalue weighted by Gasteiger charge is -2.05.